The van der Waals surface area contributed by atoms with Gasteiger partial charge >= 0.3 is 128 Å². The molecule has 0 bridgehead atoms. The molecular formula is C47H51GeIrN3O-2. The Morgan fingerprint density at radius 3 is 2.09 bits per heavy atom. The largest absolute Gasteiger partial charge is 0 e. The number of fused-ring (bicyclic) bond motifs is 3. The molecule has 0 spiro atoms. The molecule has 0 atom stereocenters. The van der Waals surface area contributed by atoms with Crippen LogP contribution in [0, 0.1) is 44.7 Å². The van der Waals surface area contributed by atoms with Crippen molar-refractivity contribution in [2.75, 3.05) is 0 Å². The van der Waals surface area contributed by atoms with Gasteiger partial charge in [-0.3, -0.25) is 0 Å². The summed E-state index contributed by atoms with van der Waals surface area (Å²) in [4.78, 5) is 13.8. The first kappa shape index (κ1) is 31.5. The Balaban J connectivity index is 0.000000255. The van der Waals surface area contributed by atoms with E-state index in [-0.39, 0.29) is 37.2 Å². The molecule has 4 aromatic heterocycles. The zero-order valence-electron chi connectivity index (χ0n) is 38.9. The number of nitrogens with zero attached hydrogens (tertiary/aromatic N) is 3. The van der Waals surface area contributed by atoms with E-state index < -0.39 is 38.8 Å². The van der Waals surface area contributed by atoms with Crippen LogP contribution in [0.5, 0.6) is 0 Å². The summed E-state index contributed by atoms with van der Waals surface area (Å²) in [5.41, 5.74) is 8.61. The van der Waals surface area contributed by atoms with Crippen molar-refractivity contribution >= 4 is 39.7 Å². The van der Waals surface area contributed by atoms with Gasteiger partial charge in [0.2, 0.25) is 5.71 Å². The summed E-state index contributed by atoms with van der Waals surface area (Å²) >= 11 is -2.20. The van der Waals surface area contributed by atoms with Crippen LogP contribution in [0.25, 0.3) is 55.8 Å². The molecule has 0 N–H and O–H groups in total. The number of aromatic nitrogens is 3. The van der Waals surface area contributed by atoms with E-state index in [1.165, 1.54) is 12.3 Å². The van der Waals surface area contributed by atoms with E-state index in [2.05, 4.69) is 65.3 Å². The molecule has 3 aromatic carbocycles. The van der Waals surface area contributed by atoms with Gasteiger partial charge in [-0.1, -0.05) is 54.6 Å². The van der Waals surface area contributed by atoms with E-state index in [1.54, 1.807) is 19.9 Å². The minimum Gasteiger partial charge on any atom is 0 e. The summed E-state index contributed by atoms with van der Waals surface area (Å²) < 4.78 is 65.6. The van der Waals surface area contributed by atoms with Gasteiger partial charge in [-0.15, -0.1) is 18.2 Å². The van der Waals surface area contributed by atoms with Crippen molar-refractivity contribution in [1.82, 2.24) is 15.0 Å². The predicted molar refractivity (Wildman–Crippen MR) is 222 cm³/mol. The van der Waals surface area contributed by atoms with E-state index in [9.17, 15) is 0 Å². The average molecular weight is 946 g/mol. The van der Waals surface area contributed by atoms with Crippen LogP contribution in [0.4, 0.5) is 0 Å². The molecule has 0 aliphatic carbocycles. The van der Waals surface area contributed by atoms with Gasteiger partial charge in [-0.2, -0.15) is 0 Å². The van der Waals surface area contributed by atoms with Crippen LogP contribution < -0.4 is 4.40 Å². The summed E-state index contributed by atoms with van der Waals surface area (Å²) in [6, 6.07) is 31.3. The number of aryl methyl sites for hydroxylation is 3. The predicted octanol–water partition coefficient (Wildman–Crippen LogP) is 11.9. The van der Waals surface area contributed by atoms with E-state index in [0.29, 0.717) is 22.6 Å². The Morgan fingerprint density at radius 1 is 0.736 bits per heavy atom. The Kier molecular flexibility index (Phi) is 10.1. The summed E-state index contributed by atoms with van der Waals surface area (Å²) in [5.74, 6) is 6.33. The molecule has 0 unspecified atom stereocenters. The molecule has 0 aliphatic rings. The molecule has 0 saturated heterocycles. The Labute approximate surface area is 342 Å². The SMILES string of the molecule is [2H]C([2H])([2H])c1cnc(-c2[c-]ccc3c2oc2nc(-c4c(C)cccc4C)ccc23)cc1C([2H])([2H])C(C)C.[2H]C([2H])(c1cc(-c2[c-]cccc2)nc[c]1[Ge]([CH3])([CH3])[CH3])C(C)C.[Ir]. The molecule has 6 heteroatoms. The maximum absolute atomic E-state index is 8.64. The summed E-state index contributed by atoms with van der Waals surface area (Å²) in [6.45, 7) is 8.96. The standard InChI is InChI=1S/C29H27N2O.C18H24GeN.Ir/c1-17(2)14-21-15-26(30-16-20(21)5)24-11-7-10-22-23-12-13-25(31-29(23)32-28(22)24)27-18(3)8-6-9-19(27)4;1-14(2)11-16-12-18(15-9-7-6-8-10-15)20-13-17(16)19(3,4)5;/h6-10,12-13,15-17H,14H2,1-5H3;6-9,12-14H,11H2,1-5H3;/q2*-1;/i5D3,14D2;11D2;. The molecule has 4 heterocycles. The second-order valence-corrected chi connectivity index (χ2v) is 25.4. The number of hydrogen-bond donors (Lipinski definition) is 0. The Hall–Kier alpha value is -3.90. The fourth-order valence-corrected chi connectivity index (χ4v) is 9.32. The molecule has 0 aliphatic heterocycles. The van der Waals surface area contributed by atoms with Crippen LogP contribution in [0.15, 0.2) is 95.7 Å². The van der Waals surface area contributed by atoms with Gasteiger partial charge in [0, 0.05) is 44.1 Å². The summed E-state index contributed by atoms with van der Waals surface area (Å²) in [6.07, 6.45) is -0.0539. The fourth-order valence-electron chi connectivity index (χ4n) is 6.38. The smallest absolute Gasteiger partial charge is 0 e. The van der Waals surface area contributed by atoms with Crippen LogP contribution >= 0.6 is 0 Å². The molecule has 1 radical (unpaired) electrons. The summed E-state index contributed by atoms with van der Waals surface area (Å²) in [7, 11) is 0. The Morgan fingerprint density at radius 2 is 1.43 bits per heavy atom. The first-order valence-corrected chi connectivity index (χ1v) is 25.2. The van der Waals surface area contributed by atoms with Gasteiger partial charge in [-0.05, 0) is 67.5 Å². The topological polar surface area (TPSA) is 51.8 Å². The van der Waals surface area contributed by atoms with Crippen molar-refractivity contribution in [3.63, 3.8) is 0 Å². The molecule has 0 amide bonds. The van der Waals surface area contributed by atoms with E-state index >= 15 is 0 Å². The van der Waals surface area contributed by atoms with Gasteiger partial charge in [-0.25, -0.2) is 4.98 Å². The van der Waals surface area contributed by atoms with Crippen LogP contribution in [-0.2, 0) is 32.9 Å². The third-order valence-corrected chi connectivity index (χ3v) is 13.0. The van der Waals surface area contributed by atoms with E-state index in [1.807, 2.05) is 74.6 Å². The molecule has 7 aromatic rings. The quantitative estimate of drug-likeness (QED) is 0.113. The van der Waals surface area contributed by atoms with Gasteiger partial charge < -0.3 is 9.40 Å². The van der Waals surface area contributed by atoms with Crippen molar-refractivity contribution in [3.8, 4) is 33.8 Å². The second-order valence-electron chi connectivity index (χ2n) is 14.9. The van der Waals surface area contributed by atoms with Gasteiger partial charge in [0.05, 0.1) is 11.3 Å². The third kappa shape index (κ3) is 9.26. The van der Waals surface area contributed by atoms with Gasteiger partial charge in [0.15, 0.2) is 0 Å². The average Bonchev–Trinajstić information content (AvgIpc) is 3.55. The maximum Gasteiger partial charge on any atom is 0 e. The monoisotopic (exact) mass is 947 g/mol. The number of furan rings is 1. The molecule has 0 saturated carbocycles. The number of pyridine rings is 3. The molecule has 0 fully saturated rings. The first-order valence-electron chi connectivity index (χ1n) is 21.3. The van der Waals surface area contributed by atoms with Gasteiger partial charge in [0.25, 0.3) is 0 Å². The number of rotatable bonds is 8. The van der Waals surface area contributed by atoms with Crippen molar-refractivity contribution < 1.29 is 34.1 Å². The minimum atomic E-state index is -2.49. The Bertz CT molecular complexity index is 2620. The van der Waals surface area contributed by atoms with Crippen LogP contribution in [0.3, 0.4) is 0 Å². The number of benzene rings is 3. The zero-order chi connectivity index (χ0) is 43.2. The molecule has 7 rings (SSSR count). The molecule has 4 nitrogen and oxygen atoms in total. The minimum absolute atomic E-state index is 0. The van der Waals surface area contributed by atoms with E-state index in [4.69, 9.17) is 19.0 Å². The maximum atomic E-state index is 8.64. The van der Waals surface area contributed by atoms with Crippen molar-refractivity contribution in [2.24, 2.45) is 11.8 Å². The molecule has 53 heavy (non-hydrogen) atoms. The van der Waals surface area contributed by atoms with Crippen molar-refractivity contribution in [2.45, 2.75) is 78.4 Å². The normalized spacial score (nSPS) is 14.3. The second kappa shape index (κ2) is 17.1. The summed E-state index contributed by atoms with van der Waals surface area (Å²) in [5, 5.41) is 1.68. The molecule has 275 valence electrons. The van der Waals surface area contributed by atoms with Crippen LogP contribution in [0.2, 0.25) is 17.3 Å². The van der Waals surface area contributed by atoms with Crippen LogP contribution in [-0.4, -0.2) is 28.2 Å². The number of hydrogen-bond acceptors (Lipinski definition) is 4. The van der Waals surface area contributed by atoms with Crippen LogP contribution in [0.1, 0.15) is 65.1 Å². The van der Waals surface area contributed by atoms with Crippen molar-refractivity contribution in [3.05, 3.63) is 131 Å². The van der Waals surface area contributed by atoms with Gasteiger partial charge in [0.1, 0.15) is 0 Å². The molecular weight excluding hydrogens is 887 g/mol. The third-order valence-electron chi connectivity index (χ3n) is 8.78. The van der Waals surface area contributed by atoms with Crippen molar-refractivity contribution in [1.29, 1.82) is 0 Å². The zero-order valence-corrected chi connectivity index (χ0v) is 36.4. The fraction of sp³-hybridized carbons (Fsp3) is 0.298. The first-order chi connectivity index (χ1) is 27.5. The van der Waals surface area contributed by atoms with E-state index in [0.717, 1.165) is 54.4 Å².